The average molecular weight is 266 g/mol. The maximum Gasteiger partial charge on any atom is 0.170 e. The Bertz CT molecular complexity index is 391. The van der Waals surface area contributed by atoms with Crippen LogP contribution in [0.4, 0.5) is 0 Å². The molecule has 4 nitrogen and oxygen atoms in total. The van der Waals surface area contributed by atoms with Gasteiger partial charge in [0.05, 0.1) is 18.3 Å². The molecule has 0 heterocycles. The molecule has 0 radical (unpaired) electrons. The first-order valence-electron chi connectivity index (χ1n) is 6.67. The topological polar surface area (TPSA) is 55.3 Å². The van der Waals surface area contributed by atoms with Crippen molar-refractivity contribution in [2.45, 2.75) is 26.5 Å². The summed E-state index contributed by atoms with van der Waals surface area (Å²) in [6.45, 7) is 9.86. The van der Waals surface area contributed by atoms with E-state index in [0.29, 0.717) is 19.8 Å². The lowest BCUT2D eigenvalue weighted by molar-refractivity contribution is -0.676. The maximum atomic E-state index is 9.28. The second-order valence-corrected chi connectivity index (χ2v) is 4.35. The van der Waals surface area contributed by atoms with Crippen LogP contribution in [0, 0.1) is 0 Å². The molecule has 106 valence electrons. The molecule has 19 heavy (non-hydrogen) atoms. The molecule has 0 aliphatic heterocycles. The average Bonchev–Trinajstić information content (AvgIpc) is 2.38. The fourth-order valence-corrected chi connectivity index (χ4v) is 1.78. The number of hydrogen-bond donors (Lipinski definition) is 2. The SMILES string of the molecule is C=CCOc1c(C[NH2+]C[C@H](C)O)cccc1OCC. The van der Waals surface area contributed by atoms with Gasteiger partial charge < -0.3 is 19.9 Å². The molecule has 0 aliphatic carbocycles. The van der Waals surface area contributed by atoms with Crippen LogP contribution >= 0.6 is 0 Å². The third-order valence-electron chi connectivity index (χ3n) is 2.58. The summed E-state index contributed by atoms with van der Waals surface area (Å²) in [6.07, 6.45) is 1.40. The van der Waals surface area contributed by atoms with E-state index < -0.39 is 0 Å². The van der Waals surface area contributed by atoms with E-state index in [0.717, 1.165) is 23.6 Å². The Morgan fingerprint density at radius 2 is 2.21 bits per heavy atom. The Morgan fingerprint density at radius 3 is 2.84 bits per heavy atom. The summed E-state index contributed by atoms with van der Waals surface area (Å²) in [5.74, 6) is 1.53. The van der Waals surface area contributed by atoms with Crippen molar-refractivity contribution in [1.29, 1.82) is 0 Å². The smallest absolute Gasteiger partial charge is 0.170 e. The molecule has 0 saturated carbocycles. The van der Waals surface area contributed by atoms with Gasteiger partial charge in [0.1, 0.15) is 19.7 Å². The molecule has 0 bridgehead atoms. The third kappa shape index (κ3) is 5.32. The van der Waals surface area contributed by atoms with Gasteiger partial charge in [-0.3, -0.25) is 0 Å². The standard InChI is InChI=1S/C15H23NO3/c1-4-9-19-15-13(11-16-10-12(3)17)7-6-8-14(15)18-5-2/h4,6-8,12,16-17H,1,5,9-11H2,2-3H3/p+1/t12-/m0/s1. The molecule has 1 aromatic rings. The number of para-hydroxylation sites is 1. The van der Waals surface area contributed by atoms with Crippen LogP contribution in [0.1, 0.15) is 19.4 Å². The molecular weight excluding hydrogens is 242 g/mol. The van der Waals surface area contributed by atoms with E-state index in [4.69, 9.17) is 9.47 Å². The van der Waals surface area contributed by atoms with Crippen molar-refractivity contribution in [3.8, 4) is 11.5 Å². The zero-order valence-corrected chi connectivity index (χ0v) is 11.8. The Balaban J connectivity index is 2.81. The van der Waals surface area contributed by atoms with Gasteiger partial charge >= 0.3 is 0 Å². The molecule has 1 aromatic carbocycles. The Hall–Kier alpha value is -1.52. The van der Waals surface area contributed by atoms with Gasteiger partial charge in [0, 0.05) is 0 Å². The molecule has 1 atom stereocenters. The normalized spacial score (nSPS) is 11.9. The monoisotopic (exact) mass is 266 g/mol. The summed E-state index contributed by atoms with van der Waals surface area (Å²) in [6, 6.07) is 5.87. The Labute approximate surface area is 115 Å². The van der Waals surface area contributed by atoms with Gasteiger partial charge in [0.2, 0.25) is 0 Å². The van der Waals surface area contributed by atoms with E-state index in [1.54, 1.807) is 13.0 Å². The lowest BCUT2D eigenvalue weighted by atomic mass is 10.2. The van der Waals surface area contributed by atoms with Crippen molar-refractivity contribution < 1.29 is 19.9 Å². The molecule has 4 heteroatoms. The van der Waals surface area contributed by atoms with Crippen LogP contribution in [0.5, 0.6) is 11.5 Å². The molecule has 0 aromatic heterocycles. The van der Waals surface area contributed by atoms with Crippen LogP contribution in [0.2, 0.25) is 0 Å². The number of quaternary nitrogens is 1. The maximum absolute atomic E-state index is 9.28. The van der Waals surface area contributed by atoms with Gasteiger partial charge in [-0.15, -0.1) is 0 Å². The number of benzene rings is 1. The van der Waals surface area contributed by atoms with Crippen LogP contribution < -0.4 is 14.8 Å². The molecule has 0 saturated heterocycles. The van der Waals surface area contributed by atoms with Crippen LogP contribution in [0.25, 0.3) is 0 Å². The van der Waals surface area contributed by atoms with E-state index in [2.05, 4.69) is 11.9 Å². The van der Waals surface area contributed by atoms with Gasteiger partial charge in [-0.25, -0.2) is 0 Å². The lowest BCUT2D eigenvalue weighted by Crippen LogP contribution is -2.84. The lowest BCUT2D eigenvalue weighted by Gasteiger charge is -2.14. The quantitative estimate of drug-likeness (QED) is 0.658. The highest BCUT2D eigenvalue weighted by Gasteiger charge is 2.12. The number of hydrogen-bond acceptors (Lipinski definition) is 3. The third-order valence-corrected chi connectivity index (χ3v) is 2.58. The van der Waals surface area contributed by atoms with Crippen LogP contribution in [-0.2, 0) is 6.54 Å². The largest absolute Gasteiger partial charge is 0.490 e. The number of ether oxygens (including phenoxy) is 2. The molecule has 0 unspecified atom stereocenters. The predicted molar refractivity (Wildman–Crippen MR) is 75.5 cm³/mol. The molecule has 0 aliphatic rings. The number of nitrogens with two attached hydrogens (primary N) is 1. The van der Waals surface area contributed by atoms with Crippen molar-refractivity contribution in [3.05, 3.63) is 36.4 Å². The summed E-state index contributed by atoms with van der Waals surface area (Å²) in [5.41, 5.74) is 1.06. The van der Waals surface area contributed by atoms with Crippen LogP contribution in [0.3, 0.4) is 0 Å². The molecule has 0 spiro atoms. The minimum absolute atomic E-state index is 0.312. The van der Waals surface area contributed by atoms with E-state index in [1.807, 2.05) is 25.1 Å². The fourth-order valence-electron chi connectivity index (χ4n) is 1.78. The summed E-state index contributed by atoms with van der Waals surface area (Å²) in [5, 5.41) is 11.3. The van der Waals surface area contributed by atoms with Gasteiger partial charge in [0.25, 0.3) is 0 Å². The highest BCUT2D eigenvalue weighted by atomic mass is 16.5. The second-order valence-electron chi connectivity index (χ2n) is 4.35. The number of rotatable bonds is 9. The Kier molecular flexibility index (Phi) is 7.00. The van der Waals surface area contributed by atoms with Gasteiger partial charge in [-0.2, -0.15) is 0 Å². The summed E-state index contributed by atoms with van der Waals surface area (Å²) >= 11 is 0. The van der Waals surface area contributed by atoms with E-state index in [1.165, 1.54) is 0 Å². The van der Waals surface area contributed by atoms with Crippen molar-refractivity contribution in [1.82, 2.24) is 0 Å². The zero-order valence-electron chi connectivity index (χ0n) is 11.8. The molecule has 0 fully saturated rings. The van der Waals surface area contributed by atoms with Gasteiger partial charge in [0.15, 0.2) is 11.5 Å². The summed E-state index contributed by atoms with van der Waals surface area (Å²) in [4.78, 5) is 0. The van der Waals surface area contributed by atoms with Crippen LogP contribution in [-0.4, -0.2) is 31.0 Å². The van der Waals surface area contributed by atoms with E-state index in [9.17, 15) is 5.11 Å². The second kappa shape index (κ2) is 8.56. The van der Waals surface area contributed by atoms with Gasteiger partial charge in [-0.1, -0.05) is 18.7 Å². The summed E-state index contributed by atoms with van der Waals surface area (Å²) in [7, 11) is 0. The van der Waals surface area contributed by atoms with Crippen molar-refractivity contribution in [3.63, 3.8) is 0 Å². The fraction of sp³-hybridized carbons (Fsp3) is 0.467. The first kappa shape index (κ1) is 15.5. The first-order valence-corrected chi connectivity index (χ1v) is 6.67. The highest BCUT2D eigenvalue weighted by Crippen LogP contribution is 2.30. The van der Waals surface area contributed by atoms with Crippen LogP contribution in [0.15, 0.2) is 30.9 Å². The minimum atomic E-state index is -0.312. The molecule has 3 N–H and O–H groups in total. The predicted octanol–water partition coefficient (Wildman–Crippen LogP) is 1.09. The Morgan fingerprint density at radius 1 is 1.42 bits per heavy atom. The van der Waals surface area contributed by atoms with Crippen molar-refractivity contribution in [2.75, 3.05) is 19.8 Å². The number of aliphatic hydroxyl groups excluding tert-OH is 1. The minimum Gasteiger partial charge on any atom is -0.490 e. The van der Waals surface area contributed by atoms with E-state index in [-0.39, 0.29) is 6.10 Å². The first-order chi connectivity index (χ1) is 9.19. The van der Waals surface area contributed by atoms with Crippen molar-refractivity contribution >= 4 is 0 Å². The molecule has 1 rings (SSSR count). The zero-order chi connectivity index (χ0) is 14.1. The molecule has 0 amide bonds. The highest BCUT2D eigenvalue weighted by molar-refractivity contribution is 5.46. The number of aliphatic hydroxyl groups is 1. The summed E-state index contributed by atoms with van der Waals surface area (Å²) < 4.78 is 11.3. The van der Waals surface area contributed by atoms with E-state index >= 15 is 0 Å². The molecular formula is C15H24NO3+. The van der Waals surface area contributed by atoms with Gasteiger partial charge in [-0.05, 0) is 26.0 Å². The van der Waals surface area contributed by atoms with Crippen molar-refractivity contribution in [2.24, 2.45) is 0 Å².